The zero-order valence-corrected chi connectivity index (χ0v) is 20.6. The van der Waals surface area contributed by atoms with Crippen LogP contribution in [-0.2, 0) is 4.79 Å². The summed E-state index contributed by atoms with van der Waals surface area (Å²) in [6, 6.07) is 15.6. The molecular weight excluding hydrogens is 442 g/mol. The molecule has 1 saturated heterocycles. The number of anilines is 5. The van der Waals surface area contributed by atoms with E-state index in [-0.39, 0.29) is 5.91 Å². The summed E-state index contributed by atoms with van der Waals surface area (Å²) >= 11 is 0. The van der Waals surface area contributed by atoms with Crippen molar-refractivity contribution in [2.24, 2.45) is 5.92 Å². The van der Waals surface area contributed by atoms with Gasteiger partial charge in [0.15, 0.2) is 17.2 Å². The maximum atomic E-state index is 13.3. The Labute approximate surface area is 205 Å². The molecule has 35 heavy (non-hydrogen) atoms. The SMILES string of the molecule is COc1cc(N2CCC(C)CC2)ccc1Nc1ncc2c(n1)N(c1ccccc1)C(=O)C(C)(C)O2. The number of benzene rings is 2. The maximum Gasteiger partial charge on any atom is 0.276 e. The zero-order chi connectivity index (χ0) is 24.6. The number of fused-ring (bicyclic) bond motifs is 1. The third-order valence-corrected chi connectivity index (χ3v) is 6.63. The molecule has 2 aliphatic rings. The molecule has 2 aromatic carbocycles. The van der Waals surface area contributed by atoms with Crippen LogP contribution in [0, 0.1) is 5.92 Å². The summed E-state index contributed by atoms with van der Waals surface area (Å²) in [6.45, 7) is 7.89. The molecule has 1 aromatic heterocycles. The number of amides is 1. The number of methoxy groups -OCH3 is 1. The Kier molecular flexibility index (Phi) is 5.96. The quantitative estimate of drug-likeness (QED) is 0.539. The van der Waals surface area contributed by atoms with Crippen LogP contribution in [0.2, 0.25) is 0 Å². The second-order valence-corrected chi connectivity index (χ2v) is 9.65. The summed E-state index contributed by atoms with van der Waals surface area (Å²) in [6.07, 6.45) is 3.99. The number of ether oxygens (including phenoxy) is 2. The molecule has 0 unspecified atom stereocenters. The Morgan fingerprint density at radius 2 is 1.83 bits per heavy atom. The summed E-state index contributed by atoms with van der Waals surface area (Å²) in [5, 5.41) is 3.26. The average molecular weight is 474 g/mol. The second kappa shape index (κ2) is 9.09. The molecule has 3 heterocycles. The van der Waals surface area contributed by atoms with Gasteiger partial charge in [0.25, 0.3) is 5.91 Å². The van der Waals surface area contributed by atoms with Crippen molar-refractivity contribution in [3.8, 4) is 11.5 Å². The first-order valence-electron chi connectivity index (χ1n) is 12.0. The molecule has 3 aromatic rings. The highest BCUT2D eigenvalue weighted by Crippen LogP contribution is 2.41. The van der Waals surface area contributed by atoms with Crippen LogP contribution in [0.25, 0.3) is 0 Å². The lowest BCUT2D eigenvalue weighted by atomic mass is 9.99. The van der Waals surface area contributed by atoms with Gasteiger partial charge in [0, 0.05) is 24.8 Å². The van der Waals surface area contributed by atoms with Crippen LogP contribution in [0.3, 0.4) is 0 Å². The minimum atomic E-state index is -1.04. The van der Waals surface area contributed by atoms with Crippen molar-refractivity contribution in [3.63, 3.8) is 0 Å². The lowest BCUT2D eigenvalue weighted by Gasteiger charge is -2.37. The van der Waals surface area contributed by atoms with Gasteiger partial charge >= 0.3 is 0 Å². The molecule has 0 aliphatic carbocycles. The van der Waals surface area contributed by atoms with Crippen LogP contribution in [0.1, 0.15) is 33.6 Å². The molecule has 182 valence electrons. The van der Waals surface area contributed by atoms with Gasteiger partial charge in [0.2, 0.25) is 5.95 Å². The van der Waals surface area contributed by atoms with Gasteiger partial charge in [-0.2, -0.15) is 4.98 Å². The van der Waals surface area contributed by atoms with Crippen LogP contribution in [0.4, 0.5) is 28.8 Å². The van der Waals surface area contributed by atoms with E-state index in [0.717, 1.165) is 36.1 Å². The predicted octanol–water partition coefficient (Wildman–Crippen LogP) is 5.30. The standard InChI is InChI=1S/C27H31N5O3/c1-18-12-14-31(15-13-18)20-10-11-21(22(16-20)34-4)29-26-28-17-23-24(30-26)32(19-8-6-5-7-9-19)25(33)27(2,3)35-23/h5-11,16-18H,12-15H2,1-4H3,(H,28,29,30). The van der Waals surface area contributed by atoms with Gasteiger partial charge in [-0.3, -0.25) is 9.69 Å². The normalized spacial score (nSPS) is 17.5. The van der Waals surface area contributed by atoms with Crippen LogP contribution < -0.4 is 24.6 Å². The molecule has 5 rings (SSSR count). The fraction of sp³-hybridized carbons (Fsp3) is 0.370. The highest BCUT2D eigenvalue weighted by atomic mass is 16.5. The van der Waals surface area contributed by atoms with Gasteiger partial charge in [-0.15, -0.1) is 0 Å². The molecule has 0 bridgehead atoms. The van der Waals surface area contributed by atoms with E-state index in [1.165, 1.54) is 12.8 Å². The Morgan fingerprint density at radius 1 is 1.09 bits per heavy atom. The first kappa shape index (κ1) is 23.0. The lowest BCUT2D eigenvalue weighted by Crippen LogP contribution is -2.51. The molecule has 8 heteroatoms. The Balaban J connectivity index is 1.45. The van der Waals surface area contributed by atoms with Gasteiger partial charge in [-0.05, 0) is 56.9 Å². The Hall–Kier alpha value is -3.81. The molecule has 1 amide bonds. The van der Waals surface area contributed by atoms with E-state index < -0.39 is 5.60 Å². The third kappa shape index (κ3) is 4.48. The van der Waals surface area contributed by atoms with Gasteiger partial charge in [-0.1, -0.05) is 25.1 Å². The Morgan fingerprint density at radius 3 is 2.54 bits per heavy atom. The second-order valence-electron chi connectivity index (χ2n) is 9.65. The van der Waals surface area contributed by atoms with E-state index in [1.807, 2.05) is 42.5 Å². The molecule has 0 saturated carbocycles. The minimum Gasteiger partial charge on any atom is -0.494 e. The number of nitrogens with one attached hydrogen (secondary N) is 1. The number of rotatable bonds is 5. The molecule has 8 nitrogen and oxygen atoms in total. The number of hydrogen-bond acceptors (Lipinski definition) is 7. The number of para-hydroxylation sites is 1. The van der Waals surface area contributed by atoms with E-state index >= 15 is 0 Å². The average Bonchev–Trinajstić information content (AvgIpc) is 2.86. The lowest BCUT2D eigenvalue weighted by molar-refractivity contribution is -0.131. The number of carbonyl (C=O) groups is 1. The van der Waals surface area contributed by atoms with E-state index in [2.05, 4.69) is 33.2 Å². The third-order valence-electron chi connectivity index (χ3n) is 6.63. The molecule has 0 spiro atoms. The summed E-state index contributed by atoms with van der Waals surface area (Å²) in [5.41, 5.74) is 1.57. The molecule has 0 radical (unpaired) electrons. The van der Waals surface area contributed by atoms with Crippen LogP contribution in [0.15, 0.2) is 54.7 Å². The van der Waals surface area contributed by atoms with Gasteiger partial charge < -0.3 is 19.7 Å². The minimum absolute atomic E-state index is 0.196. The summed E-state index contributed by atoms with van der Waals surface area (Å²) in [4.78, 5) is 26.4. The Bertz CT molecular complexity index is 1220. The van der Waals surface area contributed by atoms with Crippen molar-refractivity contribution in [2.75, 3.05) is 35.3 Å². The van der Waals surface area contributed by atoms with Gasteiger partial charge in [0.05, 0.1) is 24.7 Å². The molecule has 1 N–H and O–H groups in total. The van der Waals surface area contributed by atoms with Crippen molar-refractivity contribution < 1.29 is 14.3 Å². The summed E-state index contributed by atoms with van der Waals surface area (Å²) < 4.78 is 11.6. The zero-order valence-electron chi connectivity index (χ0n) is 20.6. The topological polar surface area (TPSA) is 79.8 Å². The summed E-state index contributed by atoms with van der Waals surface area (Å²) in [5.74, 6) is 2.47. The predicted molar refractivity (Wildman–Crippen MR) is 137 cm³/mol. The van der Waals surface area contributed by atoms with E-state index in [1.54, 1.807) is 32.1 Å². The van der Waals surface area contributed by atoms with E-state index in [4.69, 9.17) is 9.47 Å². The molecule has 1 fully saturated rings. The molecule has 2 aliphatic heterocycles. The molecule has 0 atom stereocenters. The van der Waals surface area contributed by atoms with Gasteiger partial charge in [-0.25, -0.2) is 4.98 Å². The van der Waals surface area contributed by atoms with Crippen molar-refractivity contribution in [3.05, 3.63) is 54.7 Å². The highest BCUT2D eigenvalue weighted by molar-refractivity contribution is 6.07. The number of hydrogen-bond donors (Lipinski definition) is 1. The van der Waals surface area contributed by atoms with Crippen LogP contribution >= 0.6 is 0 Å². The van der Waals surface area contributed by atoms with Gasteiger partial charge in [0.1, 0.15) is 5.75 Å². The van der Waals surface area contributed by atoms with Crippen molar-refractivity contribution in [1.29, 1.82) is 0 Å². The smallest absolute Gasteiger partial charge is 0.276 e. The fourth-order valence-electron chi connectivity index (χ4n) is 4.52. The summed E-state index contributed by atoms with van der Waals surface area (Å²) in [7, 11) is 1.65. The first-order chi connectivity index (χ1) is 16.9. The number of carbonyl (C=O) groups excluding carboxylic acids is 1. The van der Waals surface area contributed by atoms with E-state index in [0.29, 0.717) is 23.3 Å². The number of aromatic nitrogens is 2. The molecular formula is C27H31N5O3. The monoisotopic (exact) mass is 473 g/mol. The van der Waals surface area contributed by atoms with Crippen LogP contribution in [0.5, 0.6) is 11.5 Å². The highest BCUT2D eigenvalue weighted by Gasteiger charge is 2.43. The first-order valence-corrected chi connectivity index (χ1v) is 12.0. The van der Waals surface area contributed by atoms with E-state index in [9.17, 15) is 4.79 Å². The van der Waals surface area contributed by atoms with Crippen molar-refractivity contribution in [2.45, 2.75) is 39.2 Å². The number of piperidine rings is 1. The van der Waals surface area contributed by atoms with Crippen molar-refractivity contribution >= 4 is 34.7 Å². The maximum absolute atomic E-state index is 13.3. The number of nitrogens with zero attached hydrogens (tertiary/aromatic N) is 4. The van der Waals surface area contributed by atoms with Crippen molar-refractivity contribution in [1.82, 2.24) is 9.97 Å². The van der Waals surface area contributed by atoms with Crippen LogP contribution in [-0.4, -0.2) is 41.7 Å². The largest absolute Gasteiger partial charge is 0.494 e. The fourth-order valence-corrected chi connectivity index (χ4v) is 4.52.